The third kappa shape index (κ3) is 44.1. The van der Waals surface area contributed by atoms with E-state index in [1.165, 1.54) is 0 Å². The van der Waals surface area contributed by atoms with Crippen LogP contribution in [0, 0.1) is 0 Å². The smallest absolute Gasteiger partial charge is 0.330 e. The summed E-state index contributed by atoms with van der Waals surface area (Å²) in [7, 11) is 0. The van der Waals surface area contributed by atoms with Crippen LogP contribution in [0.25, 0.3) is 0 Å². The summed E-state index contributed by atoms with van der Waals surface area (Å²) in [6.45, 7) is 15.6. The molecule has 0 atom stereocenters. The monoisotopic (exact) mass is 512 g/mol. The number of esters is 1. The van der Waals surface area contributed by atoms with Crippen molar-refractivity contribution in [2.45, 2.75) is 12.8 Å². The van der Waals surface area contributed by atoms with Crippen molar-refractivity contribution in [2.24, 2.45) is 0 Å². The highest BCUT2D eigenvalue weighted by Crippen LogP contribution is 1.88. The summed E-state index contributed by atoms with van der Waals surface area (Å²) in [6.07, 6.45) is 5.48. The van der Waals surface area contributed by atoms with E-state index in [9.17, 15) is 9.59 Å². The summed E-state index contributed by atoms with van der Waals surface area (Å²) in [5, 5.41) is 16.1. The molecule has 34 heavy (non-hydrogen) atoms. The zero-order valence-electron chi connectivity index (χ0n) is 20.0. The SMILES string of the molecule is C=CC(=O)Cl.C=CCOCCOCCCOCCOC(=O)C=C.OCCOCCCOCCO. The lowest BCUT2D eigenvalue weighted by Crippen LogP contribution is -2.10. The van der Waals surface area contributed by atoms with Gasteiger partial charge >= 0.3 is 5.97 Å². The lowest BCUT2D eigenvalue weighted by Gasteiger charge is -2.06. The van der Waals surface area contributed by atoms with E-state index in [1.54, 1.807) is 6.08 Å². The molecule has 0 saturated heterocycles. The topological polar surface area (TPSA) is 130 Å². The lowest BCUT2D eigenvalue weighted by molar-refractivity contribution is -0.139. The molecule has 0 aromatic heterocycles. The average Bonchev–Trinajstić information content (AvgIpc) is 2.84. The quantitative estimate of drug-likeness (QED) is 0.0726. The molecular formula is C23H41ClO10. The second-order valence-electron chi connectivity index (χ2n) is 5.85. The molecule has 2 N–H and O–H groups in total. The first-order valence-electron chi connectivity index (χ1n) is 10.8. The van der Waals surface area contributed by atoms with E-state index in [2.05, 4.69) is 19.7 Å². The van der Waals surface area contributed by atoms with Gasteiger partial charge in [0, 0.05) is 32.5 Å². The third-order valence-corrected chi connectivity index (χ3v) is 3.19. The lowest BCUT2D eigenvalue weighted by atomic mass is 10.5. The number of carbonyl (C=O) groups is 2. The van der Waals surface area contributed by atoms with E-state index in [0.717, 1.165) is 25.0 Å². The Labute approximate surface area is 208 Å². The van der Waals surface area contributed by atoms with Crippen LogP contribution in [0.4, 0.5) is 0 Å². The molecule has 0 fully saturated rings. The van der Waals surface area contributed by atoms with Crippen LogP contribution >= 0.6 is 11.6 Å². The van der Waals surface area contributed by atoms with E-state index < -0.39 is 11.2 Å². The fraction of sp³-hybridized carbons (Fsp3) is 0.652. The predicted octanol–water partition coefficient (Wildman–Crippen LogP) is 1.67. The van der Waals surface area contributed by atoms with Crippen molar-refractivity contribution in [3.63, 3.8) is 0 Å². The molecule has 0 heterocycles. The number of allylic oxidation sites excluding steroid dienone is 1. The molecule has 11 heteroatoms. The molecule has 0 radical (unpaired) electrons. The molecule has 0 aliphatic carbocycles. The van der Waals surface area contributed by atoms with Gasteiger partial charge in [0.05, 0.1) is 52.9 Å². The highest BCUT2D eigenvalue weighted by Gasteiger charge is 1.95. The van der Waals surface area contributed by atoms with Crippen LogP contribution in [0.2, 0.25) is 0 Å². The van der Waals surface area contributed by atoms with Crippen LogP contribution < -0.4 is 0 Å². The van der Waals surface area contributed by atoms with Crippen LogP contribution in [0.5, 0.6) is 0 Å². The second kappa shape index (κ2) is 35.9. The molecule has 0 unspecified atom stereocenters. The fourth-order valence-electron chi connectivity index (χ4n) is 1.61. The van der Waals surface area contributed by atoms with Crippen LogP contribution in [0.3, 0.4) is 0 Å². The molecule has 10 nitrogen and oxygen atoms in total. The minimum absolute atomic E-state index is 0.0670. The Balaban J connectivity index is -0.000000507. The standard InChI is InChI=1S/C13H22O5.C7H16O4.C3H3ClO/c1-3-6-15-9-10-16-7-5-8-17-11-12-18-13(14)4-2;8-2-6-10-4-1-5-11-7-3-9;1-2-3(4)5/h3-4H,1-2,5-12H2;8-9H,1-7H2;2H,1H2. The van der Waals surface area contributed by atoms with E-state index in [1.807, 2.05) is 0 Å². The summed E-state index contributed by atoms with van der Waals surface area (Å²) in [6, 6.07) is 0. The van der Waals surface area contributed by atoms with Gasteiger partial charge in [-0.25, -0.2) is 4.79 Å². The van der Waals surface area contributed by atoms with Crippen molar-refractivity contribution < 1.29 is 48.2 Å². The van der Waals surface area contributed by atoms with Gasteiger partial charge in [-0.3, -0.25) is 4.79 Å². The number of hydrogen-bond donors (Lipinski definition) is 2. The summed E-state index contributed by atoms with van der Waals surface area (Å²) in [5.74, 6) is -0.429. The Hall–Kier alpha value is -1.63. The first-order chi connectivity index (χ1) is 16.5. The Morgan fingerprint density at radius 1 is 0.647 bits per heavy atom. The van der Waals surface area contributed by atoms with Crippen molar-refractivity contribution in [1.82, 2.24) is 0 Å². The maximum Gasteiger partial charge on any atom is 0.330 e. The first kappa shape index (κ1) is 36.9. The van der Waals surface area contributed by atoms with Gasteiger partial charge in [0.15, 0.2) is 0 Å². The molecule has 0 amide bonds. The predicted molar refractivity (Wildman–Crippen MR) is 130 cm³/mol. The van der Waals surface area contributed by atoms with Gasteiger partial charge in [0.1, 0.15) is 6.61 Å². The number of ether oxygens (including phenoxy) is 6. The Morgan fingerprint density at radius 2 is 1.06 bits per heavy atom. The molecule has 0 aromatic rings. The van der Waals surface area contributed by atoms with Crippen LogP contribution in [-0.2, 0) is 38.0 Å². The molecule has 0 aromatic carbocycles. The Kier molecular flexibility index (Phi) is 39.0. The molecule has 0 spiro atoms. The molecule has 0 rings (SSSR count). The molecular weight excluding hydrogens is 472 g/mol. The fourth-order valence-corrected chi connectivity index (χ4v) is 1.61. The van der Waals surface area contributed by atoms with Crippen LogP contribution in [-0.4, -0.2) is 107 Å². The number of rotatable bonds is 22. The van der Waals surface area contributed by atoms with Crippen molar-refractivity contribution >= 4 is 22.8 Å². The largest absolute Gasteiger partial charge is 0.460 e. The number of halogens is 1. The Morgan fingerprint density at radius 3 is 1.44 bits per heavy atom. The van der Waals surface area contributed by atoms with Crippen LogP contribution in [0.15, 0.2) is 38.0 Å². The van der Waals surface area contributed by atoms with Gasteiger partial charge in [-0.15, -0.1) is 6.58 Å². The highest BCUT2D eigenvalue weighted by molar-refractivity contribution is 6.66. The van der Waals surface area contributed by atoms with E-state index >= 15 is 0 Å². The van der Waals surface area contributed by atoms with Gasteiger partial charge in [-0.2, -0.15) is 0 Å². The number of aliphatic hydroxyl groups excluding tert-OH is 2. The van der Waals surface area contributed by atoms with Gasteiger partial charge in [0.2, 0.25) is 5.24 Å². The third-order valence-electron chi connectivity index (χ3n) is 3.03. The second-order valence-corrected chi connectivity index (χ2v) is 6.22. The van der Waals surface area contributed by atoms with Crippen molar-refractivity contribution in [1.29, 1.82) is 0 Å². The molecule has 0 aliphatic rings. The molecule has 0 saturated carbocycles. The summed E-state index contributed by atoms with van der Waals surface area (Å²) in [4.78, 5) is 20.1. The van der Waals surface area contributed by atoms with Crippen LogP contribution in [0.1, 0.15) is 12.8 Å². The van der Waals surface area contributed by atoms with Crippen molar-refractivity contribution in [3.8, 4) is 0 Å². The van der Waals surface area contributed by atoms with Crippen molar-refractivity contribution in [2.75, 3.05) is 85.9 Å². The average molecular weight is 513 g/mol. The van der Waals surface area contributed by atoms with Gasteiger partial charge in [-0.1, -0.05) is 19.2 Å². The minimum atomic E-state index is -0.509. The number of carbonyl (C=O) groups excluding carboxylic acids is 2. The number of hydrogen-bond acceptors (Lipinski definition) is 10. The van der Waals surface area contributed by atoms with Gasteiger partial charge < -0.3 is 38.6 Å². The summed E-state index contributed by atoms with van der Waals surface area (Å²) in [5.41, 5.74) is 0. The first-order valence-corrected chi connectivity index (χ1v) is 11.2. The highest BCUT2D eigenvalue weighted by atomic mass is 35.5. The zero-order chi connectivity index (χ0) is 26.1. The van der Waals surface area contributed by atoms with Gasteiger partial charge in [0.25, 0.3) is 0 Å². The normalized spacial score (nSPS) is 9.62. The van der Waals surface area contributed by atoms with E-state index in [0.29, 0.717) is 66.1 Å². The maximum absolute atomic E-state index is 10.7. The summed E-state index contributed by atoms with van der Waals surface area (Å²) >= 11 is 4.71. The molecule has 0 aliphatic heterocycles. The Bertz CT molecular complexity index is 467. The van der Waals surface area contributed by atoms with E-state index in [4.69, 9.17) is 50.2 Å². The number of aliphatic hydroxyl groups is 2. The molecule has 200 valence electrons. The van der Waals surface area contributed by atoms with E-state index in [-0.39, 0.29) is 19.8 Å². The molecule has 0 bridgehead atoms. The minimum Gasteiger partial charge on any atom is -0.460 e. The summed E-state index contributed by atoms with van der Waals surface area (Å²) < 4.78 is 30.4. The maximum atomic E-state index is 10.7. The van der Waals surface area contributed by atoms with Gasteiger partial charge in [-0.05, 0) is 30.5 Å². The van der Waals surface area contributed by atoms with Crippen molar-refractivity contribution in [3.05, 3.63) is 38.0 Å². The zero-order valence-corrected chi connectivity index (χ0v) is 20.8.